The molecule has 3 rings (SSSR count). The fourth-order valence-electron chi connectivity index (χ4n) is 3.65. The summed E-state index contributed by atoms with van der Waals surface area (Å²) in [7, 11) is 0. The minimum Gasteiger partial charge on any atom is -0.0701 e. The highest BCUT2D eigenvalue weighted by Gasteiger charge is 2.36. The highest BCUT2D eigenvalue weighted by Crippen LogP contribution is 2.49. The minimum atomic E-state index is 0.871. The van der Waals surface area contributed by atoms with Crippen molar-refractivity contribution in [3.8, 4) is 0 Å². The molecule has 0 aliphatic heterocycles. The molecule has 20 heavy (non-hydrogen) atoms. The van der Waals surface area contributed by atoms with E-state index in [1.165, 1.54) is 50.5 Å². The van der Waals surface area contributed by atoms with E-state index in [2.05, 4.69) is 44.2 Å². The number of hydrogen-bond acceptors (Lipinski definition) is 0. The topological polar surface area (TPSA) is 0 Å². The number of allylic oxidation sites excluding steroid dienone is 2. The monoisotopic (exact) mass is 268 g/mol. The summed E-state index contributed by atoms with van der Waals surface area (Å²) in [5.74, 6) is 2.71. The van der Waals surface area contributed by atoms with Crippen molar-refractivity contribution in [1.82, 2.24) is 0 Å². The van der Waals surface area contributed by atoms with Gasteiger partial charge in [-0.15, -0.1) is 0 Å². The Morgan fingerprint density at radius 2 is 1.90 bits per heavy atom. The van der Waals surface area contributed by atoms with Gasteiger partial charge in [0.05, 0.1) is 0 Å². The molecule has 108 valence electrons. The second-order valence-electron chi connectivity index (χ2n) is 6.98. The van der Waals surface area contributed by atoms with Gasteiger partial charge in [0.1, 0.15) is 0 Å². The van der Waals surface area contributed by atoms with Crippen molar-refractivity contribution < 1.29 is 0 Å². The van der Waals surface area contributed by atoms with Gasteiger partial charge in [-0.2, -0.15) is 0 Å². The van der Waals surface area contributed by atoms with Crippen LogP contribution in [0.2, 0.25) is 0 Å². The predicted molar refractivity (Wildman–Crippen MR) is 86.7 cm³/mol. The van der Waals surface area contributed by atoms with Gasteiger partial charge < -0.3 is 0 Å². The van der Waals surface area contributed by atoms with Gasteiger partial charge in [-0.05, 0) is 61.8 Å². The first-order valence-corrected chi connectivity index (χ1v) is 8.52. The molecule has 1 aromatic rings. The van der Waals surface area contributed by atoms with Crippen molar-refractivity contribution in [2.24, 2.45) is 17.8 Å². The zero-order chi connectivity index (χ0) is 13.9. The molecule has 0 heteroatoms. The largest absolute Gasteiger partial charge is 0.0701 e. The van der Waals surface area contributed by atoms with Crippen LogP contribution in [0.5, 0.6) is 0 Å². The Kier molecular flexibility index (Phi) is 4.29. The van der Waals surface area contributed by atoms with E-state index < -0.39 is 0 Å². The normalized spacial score (nSPS) is 26.0. The van der Waals surface area contributed by atoms with E-state index in [-0.39, 0.29) is 0 Å². The Labute approximate surface area is 124 Å². The Balaban J connectivity index is 1.66. The molecule has 0 heterocycles. The van der Waals surface area contributed by atoms with E-state index in [4.69, 9.17) is 0 Å². The summed E-state index contributed by atoms with van der Waals surface area (Å²) in [6.45, 7) is 4.76. The molecule has 0 amide bonds. The average Bonchev–Trinajstić information content (AvgIpc) is 3.28. The third kappa shape index (κ3) is 3.16. The van der Waals surface area contributed by atoms with Crippen molar-refractivity contribution >= 4 is 0 Å². The Morgan fingerprint density at radius 1 is 1.15 bits per heavy atom. The molecule has 0 spiro atoms. The maximum Gasteiger partial charge on any atom is -0.0169 e. The molecule has 0 saturated heterocycles. The maximum atomic E-state index is 2.42. The average molecular weight is 268 g/mol. The molecule has 0 nitrogen and oxygen atoms in total. The smallest absolute Gasteiger partial charge is 0.0169 e. The Bertz CT molecular complexity index is 462. The van der Waals surface area contributed by atoms with Crippen LogP contribution in [-0.4, -0.2) is 0 Å². The molecule has 2 saturated carbocycles. The first-order valence-electron chi connectivity index (χ1n) is 8.52. The lowest BCUT2D eigenvalue weighted by Crippen LogP contribution is -2.30. The van der Waals surface area contributed by atoms with E-state index in [0.29, 0.717) is 0 Å². The highest BCUT2D eigenvalue weighted by molar-refractivity contribution is 5.30. The van der Waals surface area contributed by atoms with Gasteiger partial charge in [-0.25, -0.2) is 0 Å². The molecule has 3 unspecified atom stereocenters. The minimum absolute atomic E-state index is 0.871. The van der Waals surface area contributed by atoms with Crippen LogP contribution in [0.1, 0.15) is 57.9 Å². The molecule has 1 aromatic carbocycles. The zero-order valence-electron chi connectivity index (χ0n) is 13.1. The fraction of sp³-hybridized carbons (Fsp3) is 0.600. The molecule has 0 bridgehead atoms. The van der Waals surface area contributed by atoms with Crippen molar-refractivity contribution in [1.29, 1.82) is 0 Å². The SMILES string of the molecule is CCC(C)CC(=C1CC1)C1CCC1Cc1ccccc1. The summed E-state index contributed by atoms with van der Waals surface area (Å²) in [6, 6.07) is 11.1. The van der Waals surface area contributed by atoms with Crippen molar-refractivity contribution in [2.45, 2.75) is 58.8 Å². The van der Waals surface area contributed by atoms with Crippen LogP contribution in [0, 0.1) is 17.8 Å². The second-order valence-corrected chi connectivity index (χ2v) is 6.98. The fourth-order valence-corrected chi connectivity index (χ4v) is 3.65. The molecule has 3 atom stereocenters. The molecule has 2 aliphatic rings. The summed E-state index contributed by atoms with van der Waals surface area (Å²) in [4.78, 5) is 0. The van der Waals surface area contributed by atoms with Crippen LogP contribution in [0.4, 0.5) is 0 Å². The van der Waals surface area contributed by atoms with Gasteiger partial charge in [0.25, 0.3) is 0 Å². The number of benzene rings is 1. The predicted octanol–water partition coefficient (Wildman–Crippen LogP) is 5.78. The van der Waals surface area contributed by atoms with Gasteiger partial charge in [0.2, 0.25) is 0 Å². The molecule has 2 aliphatic carbocycles. The van der Waals surface area contributed by atoms with Crippen LogP contribution >= 0.6 is 0 Å². The summed E-state index contributed by atoms with van der Waals surface area (Å²) in [5, 5.41) is 0. The molecule has 2 fully saturated rings. The van der Waals surface area contributed by atoms with E-state index in [1.54, 1.807) is 0 Å². The summed E-state index contributed by atoms with van der Waals surface area (Å²) in [5.41, 5.74) is 5.24. The van der Waals surface area contributed by atoms with E-state index in [0.717, 1.165) is 17.8 Å². The van der Waals surface area contributed by atoms with Crippen molar-refractivity contribution in [3.05, 3.63) is 47.0 Å². The third-order valence-electron chi connectivity index (χ3n) is 5.43. The number of rotatable bonds is 6. The quantitative estimate of drug-likeness (QED) is 0.573. The van der Waals surface area contributed by atoms with Gasteiger partial charge in [0, 0.05) is 0 Å². The first-order chi connectivity index (χ1) is 9.78. The third-order valence-corrected chi connectivity index (χ3v) is 5.43. The van der Waals surface area contributed by atoms with Crippen LogP contribution < -0.4 is 0 Å². The van der Waals surface area contributed by atoms with E-state index in [9.17, 15) is 0 Å². The summed E-state index contributed by atoms with van der Waals surface area (Å²) < 4.78 is 0. The maximum absolute atomic E-state index is 2.42. The van der Waals surface area contributed by atoms with E-state index in [1.807, 2.05) is 11.1 Å². The van der Waals surface area contributed by atoms with Gasteiger partial charge in [0.15, 0.2) is 0 Å². The van der Waals surface area contributed by atoms with Crippen molar-refractivity contribution in [2.75, 3.05) is 0 Å². The standard InChI is InChI=1S/C20H28/c1-3-15(2)13-20(17-9-10-17)19-12-11-18(19)14-16-7-5-4-6-8-16/h4-8,15,18-19H,3,9-14H2,1-2H3. The highest BCUT2D eigenvalue weighted by atomic mass is 14.4. The summed E-state index contributed by atoms with van der Waals surface area (Å²) >= 11 is 0. The lowest BCUT2D eigenvalue weighted by atomic mass is 9.65. The van der Waals surface area contributed by atoms with Crippen LogP contribution in [0.25, 0.3) is 0 Å². The summed E-state index contributed by atoms with van der Waals surface area (Å²) in [6.07, 6.45) is 9.70. The van der Waals surface area contributed by atoms with Crippen LogP contribution in [0.15, 0.2) is 41.5 Å². The van der Waals surface area contributed by atoms with Gasteiger partial charge in [-0.1, -0.05) is 61.7 Å². The van der Waals surface area contributed by atoms with Crippen LogP contribution in [0.3, 0.4) is 0 Å². The lowest BCUT2D eigenvalue weighted by Gasteiger charge is -2.40. The second kappa shape index (κ2) is 6.16. The molecule has 0 aromatic heterocycles. The molecule has 0 N–H and O–H groups in total. The molecule has 0 radical (unpaired) electrons. The van der Waals surface area contributed by atoms with E-state index >= 15 is 0 Å². The van der Waals surface area contributed by atoms with Gasteiger partial charge in [-0.3, -0.25) is 0 Å². The molecular formula is C20H28. The number of hydrogen-bond donors (Lipinski definition) is 0. The lowest BCUT2D eigenvalue weighted by molar-refractivity contribution is 0.203. The Morgan fingerprint density at radius 3 is 2.45 bits per heavy atom. The molecular weight excluding hydrogens is 240 g/mol. The van der Waals surface area contributed by atoms with Gasteiger partial charge >= 0.3 is 0 Å². The van der Waals surface area contributed by atoms with Crippen molar-refractivity contribution in [3.63, 3.8) is 0 Å². The van der Waals surface area contributed by atoms with Crippen LogP contribution in [-0.2, 0) is 6.42 Å². The Hall–Kier alpha value is -1.04. The zero-order valence-corrected chi connectivity index (χ0v) is 13.1. The first kappa shape index (κ1) is 13.9.